The number of halogens is 1. The molecule has 3 nitrogen and oxygen atoms in total. The SMILES string of the molecule is Cc1ccc(C(=O)N(CCCl)C2CC2)cn1. The molecule has 1 aromatic rings. The summed E-state index contributed by atoms with van der Waals surface area (Å²) in [5.74, 6) is 0.539. The minimum Gasteiger partial charge on any atom is -0.334 e. The molecule has 0 atom stereocenters. The zero-order valence-corrected chi connectivity index (χ0v) is 10.1. The molecule has 0 radical (unpaired) electrons. The lowest BCUT2D eigenvalue weighted by molar-refractivity contribution is 0.0753. The molecular weight excluding hydrogens is 224 g/mol. The second kappa shape index (κ2) is 4.83. The van der Waals surface area contributed by atoms with Crippen LogP contribution in [0.1, 0.15) is 28.9 Å². The van der Waals surface area contributed by atoms with Gasteiger partial charge in [0.15, 0.2) is 0 Å². The third-order valence-electron chi connectivity index (χ3n) is 2.73. The third kappa shape index (κ3) is 2.53. The van der Waals surface area contributed by atoms with E-state index in [1.165, 1.54) is 0 Å². The molecule has 2 rings (SSSR count). The van der Waals surface area contributed by atoms with E-state index in [2.05, 4.69) is 4.98 Å². The summed E-state index contributed by atoms with van der Waals surface area (Å²) >= 11 is 5.72. The van der Waals surface area contributed by atoms with Crippen molar-refractivity contribution in [2.75, 3.05) is 12.4 Å². The van der Waals surface area contributed by atoms with Crippen LogP contribution in [0.15, 0.2) is 18.3 Å². The van der Waals surface area contributed by atoms with Gasteiger partial charge in [0.2, 0.25) is 0 Å². The molecule has 1 aromatic heterocycles. The Labute approximate surface area is 100 Å². The van der Waals surface area contributed by atoms with Crippen LogP contribution in [0.3, 0.4) is 0 Å². The topological polar surface area (TPSA) is 33.2 Å². The molecule has 86 valence electrons. The summed E-state index contributed by atoms with van der Waals surface area (Å²) in [7, 11) is 0. The Kier molecular flexibility index (Phi) is 3.44. The number of carbonyl (C=O) groups is 1. The zero-order chi connectivity index (χ0) is 11.5. The van der Waals surface area contributed by atoms with Crippen LogP contribution < -0.4 is 0 Å². The van der Waals surface area contributed by atoms with E-state index in [-0.39, 0.29) is 5.91 Å². The number of aromatic nitrogens is 1. The van der Waals surface area contributed by atoms with Gasteiger partial charge in [-0.2, -0.15) is 0 Å². The number of nitrogens with zero attached hydrogens (tertiary/aromatic N) is 2. The van der Waals surface area contributed by atoms with Crippen LogP contribution in [-0.2, 0) is 0 Å². The van der Waals surface area contributed by atoms with Gasteiger partial charge in [0.25, 0.3) is 5.91 Å². The van der Waals surface area contributed by atoms with Gasteiger partial charge in [-0.05, 0) is 31.9 Å². The van der Waals surface area contributed by atoms with Crippen molar-refractivity contribution in [2.24, 2.45) is 0 Å². The highest BCUT2D eigenvalue weighted by Crippen LogP contribution is 2.28. The van der Waals surface area contributed by atoms with Crippen molar-refractivity contribution >= 4 is 17.5 Å². The first-order valence-electron chi connectivity index (χ1n) is 5.52. The summed E-state index contributed by atoms with van der Waals surface area (Å²) in [5.41, 5.74) is 1.58. The lowest BCUT2D eigenvalue weighted by atomic mass is 10.2. The van der Waals surface area contributed by atoms with Gasteiger partial charge in [-0.1, -0.05) is 0 Å². The van der Waals surface area contributed by atoms with Gasteiger partial charge in [-0.3, -0.25) is 9.78 Å². The molecule has 0 unspecified atom stereocenters. The first-order chi connectivity index (χ1) is 7.72. The van der Waals surface area contributed by atoms with Crippen molar-refractivity contribution in [3.8, 4) is 0 Å². The average molecular weight is 239 g/mol. The maximum atomic E-state index is 12.2. The molecule has 0 spiro atoms. The van der Waals surface area contributed by atoms with E-state index in [9.17, 15) is 4.79 Å². The fourth-order valence-electron chi connectivity index (χ4n) is 1.69. The number of carbonyl (C=O) groups excluding carboxylic acids is 1. The van der Waals surface area contributed by atoms with Crippen LogP contribution in [0.4, 0.5) is 0 Å². The van der Waals surface area contributed by atoms with Gasteiger partial charge in [-0.25, -0.2) is 0 Å². The quantitative estimate of drug-likeness (QED) is 0.754. The summed E-state index contributed by atoms with van der Waals surface area (Å²) in [6.45, 7) is 2.53. The molecule has 0 aliphatic heterocycles. The van der Waals surface area contributed by atoms with Gasteiger partial charge >= 0.3 is 0 Å². The molecule has 4 heteroatoms. The van der Waals surface area contributed by atoms with Crippen molar-refractivity contribution < 1.29 is 4.79 Å². The number of amides is 1. The Morgan fingerprint density at radius 2 is 2.31 bits per heavy atom. The predicted octanol–water partition coefficient (Wildman–Crippen LogP) is 2.23. The van der Waals surface area contributed by atoms with E-state index in [0.29, 0.717) is 24.0 Å². The highest BCUT2D eigenvalue weighted by molar-refractivity contribution is 6.18. The molecule has 1 amide bonds. The van der Waals surface area contributed by atoms with Crippen molar-refractivity contribution in [3.05, 3.63) is 29.6 Å². The van der Waals surface area contributed by atoms with Crippen molar-refractivity contribution in [1.29, 1.82) is 0 Å². The Balaban J connectivity index is 2.12. The molecule has 0 saturated heterocycles. The van der Waals surface area contributed by atoms with Crippen LogP contribution in [-0.4, -0.2) is 34.3 Å². The monoisotopic (exact) mass is 238 g/mol. The first-order valence-corrected chi connectivity index (χ1v) is 6.05. The molecule has 1 aliphatic carbocycles. The summed E-state index contributed by atoms with van der Waals surface area (Å²) in [6.07, 6.45) is 3.84. The molecule has 0 N–H and O–H groups in total. The molecule has 1 fully saturated rings. The predicted molar refractivity (Wildman–Crippen MR) is 63.8 cm³/mol. The summed E-state index contributed by atoms with van der Waals surface area (Å²) in [4.78, 5) is 18.2. The van der Waals surface area contributed by atoms with Crippen LogP contribution in [0.2, 0.25) is 0 Å². The Morgan fingerprint density at radius 1 is 1.56 bits per heavy atom. The normalized spacial score (nSPS) is 14.9. The van der Waals surface area contributed by atoms with E-state index >= 15 is 0 Å². The van der Waals surface area contributed by atoms with Gasteiger partial charge < -0.3 is 4.90 Å². The lowest BCUT2D eigenvalue weighted by Crippen LogP contribution is -2.34. The zero-order valence-electron chi connectivity index (χ0n) is 9.32. The molecular formula is C12H15ClN2O. The Morgan fingerprint density at radius 3 is 2.81 bits per heavy atom. The van der Waals surface area contributed by atoms with E-state index < -0.39 is 0 Å². The standard InChI is InChI=1S/C12H15ClN2O/c1-9-2-3-10(8-14-9)12(16)15(7-6-13)11-4-5-11/h2-3,8,11H,4-7H2,1H3. The molecule has 16 heavy (non-hydrogen) atoms. The fraction of sp³-hybridized carbons (Fsp3) is 0.500. The largest absolute Gasteiger partial charge is 0.334 e. The third-order valence-corrected chi connectivity index (χ3v) is 2.90. The van der Waals surface area contributed by atoms with Crippen molar-refractivity contribution in [3.63, 3.8) is 0 Å². The first kappa shape index (κ1) is 11.4. The van der Waals surface area contributed by atoms with Gasteiger partial charge in [0.05, 0.1) is 5.56 Å². The van der Waals surface area contributed by atoms with Gasteiger partial charge in [-0.15, -0.1) is 11.6 Å². The number of alkyl halides is 1. The molecule has 1 saturated carbocycles. The van der Waals surface area contributed by atoms with E-state index in [4.69, 9.17) is 11.6 Å². The summed E-state index contributed by atoms with van der Waals surface area (Å²) < 4.78 is 0. The number of hydrogen-bond donors (Lipinski definition) is 0. The second-order valence-corrected chi connectivity index (χ2v) is 4.48. The van der Waals surface area contributed by atoms with Crippen molar-refractivity contribution in [1.82, 2.24) is 9.88 Å². The maximum absolute atomic E-state index is 12.2. The van der Waals surface area contributed by atoms with E-state index in [0.717, 1.165) is 18.5 Å². The Hall–Kier alpha value is -1.09. The average Bonchev–Trinajstić information content (AvgIpc) is 3.10. The minimum absolute atomic E-state index is 0.0515. The van der Waals surface area contributed by atoms with Crippen LogP contribution in [0, 0.1) is 6.92 Å². The smallest absolute Gasteiger partial charge is 0.255 e. The molecule has 0 aromatic carbocycles. The van der Waals surface area contributed by atoms with Crippen LogP contribution in [0.5, 0.6) is 0 Å². The molecule has 1 aliphatic rings. The fourth-order valence-corrected chi connectivity index (χ4v) is 1.87. The van der Waals surface area contributed by atoms with E-state index in [1.807, 2.05) is 24.0 Å². The second-order valence-electron chi connectivity index (χ2n) is 4.11. The molecule has 0 bridgehead atoms. The molecule has 1 heterocycles. The maximum Gasteiger partial charge on any atom is 0.255 e. The highest BCUT2D eigenvalue weighted by Gasteiger charge is 2.32. The number of rotatable bonds is 4. The van der Waals surface area contributed by atoms with Gasteiger partial charge in [0, 0.05) is 30.4 Å². The van der Waals surface area contributed by atoms with Crippen LogP contribution >= 0.6 is 11.6 Å². The summed E-state index contributed by atoms with van der Waals surface area (Å²) in [6, 6.07) is 4.08. The van der Waals surface area contributed by atoms with Gasteiger partial charge in [0.1, 0.15) is 0 Å². The van der Waals surface area contributed by atoms with Crippen molar-refractivity contribution in [2.45, 2.75) is 25.8 Å². The number of pyridine rings is 1. The number of hydrogen-bond acceptors (Lipinski definition) is 2. The van der Waals surface area contributed by atoms with Crippen LogP contribution in [0.25, 0.3) is 0 Å². The lowest BCUT2D eigenvalue weighted by Gasteiger charge is -2.21. The number of aryl methyl sites for hydroxylation is 1. The summed E-state index contributed by atoms with van der Waals surface area (Å²) in [5, 5.41) is 0. The minimum atomic E-state index is 0.0515. The highest BCUT2D eigenvalue weighted by atomic mass is 35.5. The Bertz CT molecular complexity index is 373. The van der Waals surface area contributed by atoms with E-state index in [1.54, 1.807) is 6.20 Å².